The third kappa shape index (κ3) is 3.14. The van der Waals surface area contributed by atoms with E-state index in [1.54, 1.807) is 0 Å². The van der Waals surface area contributed by atoms with Gasteiger partial charge in [-0.25, -0.2) is 0 Å². The highest BCUT2D eigenvalue weighted by Crippen LogP contribution is 2.46. The maximum atomic E-state index is 3.65. The summed E-state index contributed by atoms with van der Waals surface area (Å²) in [5.74, 6) is 0. The summed E-state index contributed by atoms with van der Waals surface area (Å²) >= 11 is 4.36. The van der Waals surface area contributed by atoms with Gasteiger partial charge in [0.2, 0.25) is 0 Å². The van der Waals surface area contributed by atoms with E-state index in [9.17, 15) is 0 Å². The average Bonchev–Trinajstić information content (AvgIpc) is 3.08. The van der Waals surface area contributed by atoms with Crippen LogP contribution >= 0.6 is 34.4 Å². The minimum Gasteiger partial charge on any atom is -0.309 e. The lowest BCUT2D eigenvalue weighted by molar-refractivity contribution is 0.563. The Balaban J connectivity index is 1.88. The third-order valence-corrected chi connectivity index (χ3v) is 5.48. The minimum absolute atomic E-state index is 0.460. The van der Waals surface area contributed by atoms with E-state index in [0.717, 1.165) is 6.54 Å². The van der Waals surface area contributed by atoms with Gasteiger partial charge < -0.3 is 5.32 Å². The van der Waals surface area contributed by atoms with Crippen molar-refractivity contribution in [2.45, 2.75) is 30.6 Å². The maximum Gasteiger partial charge on any atom is 0.0292 e. The van der Waals surface area contributed by atoms with Crippen molar-refractivity contribution in [3.05, 3.63) is 33.4 Å². The van der Waals surface area contributed by atoms with E-state index in [0.29, 0.717) is 10.8 Å². The summed E-state index contributed by atoms with van der Waals surface area (Å²) < 4.78 is 1.86. The van der Waals surface area contributed by atoms with Gasteiger partial charge in [0.25, 0.3) is 0 Å². The molecule has 0 aliphatic heterocycles. The van der Waals surface area contributed by atoms with Crippen molar-refractivity contribution in [3.8, 4) is 0 Å². The highest BCUT2D eigenvalue weighted by Gasteiger charge is 2.41. The number of halogens is 1. The Morgan fingerprint density at radius 2 is 2.00 bits per heavy atom. The average molecular weight is 347 g/mol. The molecular formula is C13H18INS. The Labute approximate surface area is 116 Å². The fourth-order valence-electron chi connectivity index (χ4n) is 1.80. The highest BCUT2D eigenvalue weighted by molar-refractivity contribution is 14.1. The van der Waals surface area contributed by atoms with Gasteiger partial charge in [-0.3, -0.25) is 0 Å². The fraction of sp³-hybridized carbons (Fsp3) is 0.538. The Bertz CT molecular complexity index is 345. The number of benzene rings is 1. The van der Waals surface area contributed by atoms with Gasteiger partial charge in [-0.1, -0.05) is 12.1 Å². The molecule has 1 fully saturated rings. The molecule has 16 heavy (non-hydrogen) atoms. The molecule has 1 nitrogen and oxygen atoms in total. The van der Waals surface area contributed by atoms with Crippen molar-refractivity contribution in [2.75, 3.05) is 12.8 Å². The first-order valence-electron chi connectivity index (χ1n) is 5.69. The summed E-state index contributed by atoms with van der Waals surface area (Å²) in [5.41, 5.74) is 1.39. The number of rotatable bonds is 5. The molecule has 0 radical (unpaired) electrons. The van der Waals surface area contributed by atoms with Crippen LogP contribution in [0.4, 0.5) is 0 Å². The van der Waals surface area contributed by atoms with E-state index in [1.807, 2.05) is 11.8 Å². The van der Waals surface area contributed by atoms with Crippen LogP contribution in [0.25, 0.3) is 0 Å². The molecule has 2 rings (SSSR count). The molecule has 0 spiro atoms. The van der Waals surface area contributed by atoms with Crippen LogP contribution in [-0.2, 0) is 0 Å². The van der Waals surface area contributed by atoms with Crippen LogP contribution in [0.5, 0.6) is 0 Å². The molecule has 88 valence electrons. The number of hydrogen-bond donors (Lipinski definition) is 1. The van der Waals surface area contributed by atoms with Gasteiger partial charge in [0.05, 0.1) is 0 Å². The van der Waals surface area contributed by atoms with Crippen LogP contribution in [0.2, 0.25) is 0 Å². The van der Waals surface area contributed by atoms with Gasteiger partial charge in [-0.15, -0.1) is 0 Å². The summed E-state index contributed by atoms with van der Waals surface area (Å²) in [6, 6.07) is 9.25. The predicted molar refractivity (Wildman–Crippen MR) is 81.1 cm³/mol. The molecule has 1 atom stereocenters. The van der Waals surface area contributed by atoms with Gasteiger partial charge in [-0.2, -0.15) is 11.8 Å². The summed E-state index contributed by atoms with van der Waals surface area (Å²) in [7, 11) is 0. The number of thioether (sulfide) groups is 1. The van der Waals surface area contributed by atoms with Crippen LogP contribution in [0.1, 0.15) is 31.4 Å². The minimum atomic E-state index is 0.460. The molecule has 0 bridgehead atoms. The zero-order valence-electron chi connectivity index (χ0n) is 9.79. The third-order valence-electron chi connectivity index (χ3n) is 3.34. The van der Waals surface area contributed by atoms with Crippen molar-refractivity contribution in [1.29, 1.82) is 0 Å². The topological polar surface area (TPSA) is 12.0 Å². The van der Waals surface area contributed by atoms with Crippen LogP contribution in [0.3, 0.4) is 0 Å². The van der Waals surface area contributed by atoms with Crippen LogP contribution in [0, 0.1) is 3.57 Å². The SMILES string of the molecule is CSC1(CNC(C)c2ccc(I)cc2)CC1. The second-order valence-corrected chi connectivity index (χ2v) is 7.06. The van der Waals surface area contributed by atoms with Crippen LogP contribution < -0.4 is 5.32 Å². The van der Waals surface area contributed by atoms with Crippen molar-refractivity contribution < 1.29 is 0 Å². The first-order valence-corrected chi connectivity index (χ1v) is 8.00. The zero-order chi connectivity index (χ0) is 11.6. The summed E-state index contributed by atoms with van der Waals surface area (Å²) in [5, 5.41) is 3.65. The predicted octanol–water partition coefficient (Wildman–Crippen LogP) is 3.84. The molecule has 1 aromatic rings. The Morgan fingerprint density at radius 1 is 1.38 bits per heavy atom. The number of nitrogens with one attached hydrogen (secondary N) is 1. The van der Waals surface area contributed by atoms with Gasteiger partial charge >= 0.3 is 0 Å². The van der Waals surface area contributed by atoms with Crippen molar-refractivity contribution in [2.24, 2.45) is 0 Å². The standard InChI is InChI=1S/C13H18INS/c1-10(11-3-5-12(14)6-4-11)15-9-13(16-2)7-8-13/h3-6,10,15H,7-9H2,1-2H3. The summed E-state index contributed by atoms with van der Waals surface area (Å²) in [4.78, 5) is 0. The molecule has 1 aliphatic rings. The van der Waals surface area contributed by atoms with E-state index in [-0.39, 0.29) is 0 Å². The zero-order valence-corrected chi connectivity index (χ0v) is 12.8. The molecular weight excluding hydrogens is 329 g/mol. The van der Waals surface area contributed by atoms with Crippen molar-refractivity contribution >= 4 is 34.4 Å². The molecule has 0 amide bonds. The summed E-state index contributed by atoms with van der Waals surface area (Å²) in [6.07, 6.45) is 4.98. The lowest BCUT2D eigenvalue weighted by atomic mass is 10.1. The first-order chi connectivity index (χ1) is 7.65. The largest absolute Gasteiger partial charge is 0.309 e. The molecule has 1 aliphatic carbocycles. The van der Waals surface area contributed by atoms with Crippen molar-refractivity contribution in [3.63, 3.8) is 0 Å². The maximum absolute atomic E-state index is 3.65. The summed E-state index contributed by atoms with van der Waals surface area (Å²) in [6.45, 7) is 3.39. The Hall–Kier alpha value is 0.260. The second-order valence-electron chi connectivity index (χ2n) is 4.54. The molecule has 3 heteroatoms. The molecule has 0 heterocycles. The van der Waals surface area contributed by atoms with E-state index in [1.165, 1.54) is 22.0 Å². The molecule has 0 aromatic heterocycles. The lowest BCUT2D eigenvalue weighted by Gasteiger charge is -2.19. The van der Waals surface area contributed by atoms with E-state index in [4.69, 9.17) is 0 Å². The van der Waals surface area contributed by atoms with E-state index < -0.39 is 0 Å². The normalized spacial score (nSPS) is 19.4. The first kappa shape index (κ1) is 12.7. The van der Waals surface area contributed by atoms with E-state index >= 15 is 0 Å². The second kappa shape index (κ2) is 5.27. The Morgan fingerprint density at radius 3 is 2.50 bits per heavy atom. The molecule has 1 N–H and O–H groups in total. The molecule has 1 saturated carbocycles. The monoisotopic (exact) mass is 347 g/mol. The molecule has 1 aromatic carbocycles. The molecule has 0 saturated heterocycles. The van der Waals surface area contributed by atoms with Crippen LogP contribution in [-0.4, -0.2) is 17.5 Å². The van der Waals surface area contributed by atoms with Gasteiger partial charge in [0.15, 0.2) is 0 Å². The smallest absolute Gasteiger partial charge is 0.0292 e. The van der Waals surface area contributed by atoms with Gasteiger partial charge in [-0.05, 0) is 66.3 Å². The Kier molecular flexibility index (Phi) is 4.19. The highest BCUT2D eigenvalue weighted by atomic mass is 127. The number of hydrogen-bond acceptors (Lipinski definition) is 2. The van der Waals surface area contributed by atoms with E-state index in [2.05, 4.69) is 65.4 Å². The lowest BCUT2D eigenvalue weighted by Crippen LogP contribution is -2.28. The quantitative estimate of drug-likeness (QED) is 0.813. The van der Waals surface area contributed by atoms with Gasteiger partial charge in [0, 0.05) is 20.9 Å². The van der Waals surface area contributed by atoms with Gasteiger partial charge in [0.1, 0.15) is 0 Å². The molecule has 1 unspecified atom stereocenters. The fourth-order valence-corrected chi connectivity index (χ4v) is 2.90. The van der Waals surface area contributed by atoms with Crippen LogP contribution in [0.15, 0.2) is 24.3 Å². The van der Waals surface area contributed by atoms with Crippen molar-refractivity contribution in [1.82, 2.24) is 5.32 Å².